The number of hydrogen-bond acceptors (Lipinski definition) is 6. The summed E-state index contributed by atoms with van der Waals surface area (Å²) < 4.78 is 2.47. The Bertz CT molecular complexity index is 4820. The van der Waals surface area contributed by atoms with Crippen LogP contribution in [0, 0.1) is 6.92 Å². The number of hydrogen-bond donors (Lipinski definition) is 0. The number of aromatic nitrogens is 5. The quantitative estimate of drug-likeness (QED) is 0.120. The molecule has 404 valence electrons. The van der Waals surface area contributed by atoms with E-state index in [0.717, 1.165) is 150 Å². The third-order valence-electron chi connectivity index (χ3n) is 16.9. The molecule has 0 unspecified atom stereocenters. The van der Waals surface area contributed by atoms with Gasteiger partial charge in [-0.2, -0.15) is 0 Å². The lowest BCUT2D eigenvalue weighted by atomic mass is 9.90. The lowest BCUT2D eigenvalue weighted by Gasteiger charge is -2.26. The van der Waals surface area contributed by atoms with Gasteiger partial charge in [0, 0.05) is 108 Å². The molecule has 0 saturated carbocycles. The molecule has 11 aromatic carbocycles. The Morgan fingerprint density at radius 1 is 0.279 bits per heavy atom. The fourth-order valence-electron chi connectivity index (χ4n) is 12.7. The molecule has 0 amide bonds. The van der Waals surface area contributed by atoms with Crippen LogP contribution in [0.15, 0.2) is 304 Å². The van der Waals surface area contributed by atoms with Crippen molar-refractivity contribution in [2.24, 2.45) is 0 Å². The topological polar surface area (TPSA) is 63.0 Å². The van der Waals surface area contributed by atoms with Gasteiger partial charge < -0.3 is 14.4 Å². The summed E-state index contributed by atoms with van der Waals surface area (Å²) in [7, 11) is 0. The minimum absolute atomic E-state index is 0.906. The minimum atomic E-state index is 0.906. The van der Waals surface area contributed by atoms with Gasteiger partial charge in [0.05, 0.1) is 33.1 Å². The first-order chi connectivity index (χ1) is 42.5. The molecule has 16 aromatic rings. The summed E-state index contributed by atoms with van der Waals surface area (Å²) in [4.78, 5) is 24.0. The molecule has 0 aliphatic rings. The smallest absolute Gasteiger partial charge is 0.0964 e. The number of pyridine rings is 4. The Morgan fingerprint density at radius 3 is 1.03 bits per heavy atom. The molecule has 0 aliphatic heterocycles. The number of nitrogens with zero attached hydrogens (tertiary/aromatic N) is 7. The Morgan fingerprint density at radius 2 is 0.640 bits per heavy atom. The van der Waals surface area contributed by atoms with Gasteiger partial charge in [-0.3, -0.25) is 19.9 Å². The van der Waals surface area contributed by atoms with Crippen LogP contribution in [0.1, 0.15) is 5.56 Å². The lowest BCUT2D eigenvalue weighted by molar-refractivity contribution is 1.17. The molecule has 0 radical (unpaired) electrons. The molecule has 0 fully saturated rings. The summed E-state index contributed by atoms with van der Waals surface area (Å²) in [6.07, 6.45) is 7.62. The van der Waals surface area contributed by atoms with Crippen LogP contribution in [0.2, 0.25) is 0 Å². The average Bonchev–Trinajstić information content (AvgIpc) is 2.14. The van der Waals surface area contributed by atoms with Gasteiger partial charge in [0.1, 0.15) is 0 Å². The van der Waals surface area contributed by atoms with Crippen molar-refractivity contribution in [2.75, 3.05) is 9.80 Å². The van der Waals surface area contributed by atoms with E-state index in [1.54, 1.807) is 0 Å². The first-order valence-electron chi connectivity index (χ1n) is 29.1. The summed E-state index contributed by atoms with van der Waals surface area (Å²) in [6.45, 7) is 2.27. The fraction of sp³-hybridized carbons (Fsp3) is 0.0127. The van der Waals surface area contributed by atoms with Crippen LogP contribution in [0.4, 0.5) is 34.1 Å². The van der Waals surface area contributed by atoms with Crippen LogP contribution in [-0.4, -0.2) is 24.5 Å². The third kappa shape index (κ3) is 8.85. The highest BCUT2D eigenvalue weighted by atomic mass is 15.1. The summed E-state index contributed by atoms with van der Waals surface area (Å²) in [6, 6.07) is 100. The van der Waals surface area contributed by atoms with E-state index in [4.69, 9.17) is 9.97 Å². The van der Waals surface area contributed by atoms with Gasteiger partial charge in [-0.25, -0.2) is 0 Å². The van der Waals surface area contributed by atoms with Crippen molar-refractivity contribution >= 4 is 99.5 Å². The van der Waals surface area contributed by atoms with Crippen molar-refractivity contribution in [3.05, 3.63) is 309 Å². The van der Waals surface area contributed by atoms with E-state index >= 15 is 0 Å². The van der Waals surface area contributed by atoms with Crippen LogP contribution in [0.25, 0.3) is 116 Å². The SMILES string of the molecule is Cc1c(-c2ccc(-c3cnc4c(ccc5cccnc54)c3)cc2)cc(-n2c3ccc(N(c4ccccc4)c4ccccc4)cc3c3cc(N(c4ccccc4)c4ccccc4)ccc32)cc1-c1ccc(-c2cnc3c(ccc4cccnc43)c2)cc1. The Hall–Kier alpha value is -11.5. The van der Waals surface area contributed by atoms with Gasteiger partial charge >= 0.3 is 0 Å². The number of benzene rings is 11. The van der Waals surface area contributed by atoms with Crippen LogP contribution < -0.4 is 9.80 Å². The Kier molecular flexibility index (Phi) is 12.3. The van der Waals surface area contributed by atoms with Gasteiger partial charge in [0.2, 0.25) is 0 Å². The predicted molar refractivity (Wildman–Crippen MR) is 358 cm³/mol. The van der Waals surface area contributed by atoms with Gasteiger partial charge in [0.15, 0.2) is 0 Å². The standard InChI is InChI=1S/C79H53N7/c1-52-70(55-30-26-53(27-31-55)61-44-59-36-34-57-16-14-42-80-76(57)78(59)82-50-61)48-69(49-71(52)56-32-28-54(29-33-56)62-45-60-37-35-58-17-15-43-81-77(58)79(60)83-51-62)86-74-40-38-67(84(63-18-6-2-7-19-63)64-20-8-3-9-21-64)46-72(74)73-47-68(39-41-75(73)86)85(65-22-10-4-11-23-65)66-24-12-5-13-25-66/h2-51H,1H3. The number of fused-ring (bicyclic) bond motifs is 9. The van der Waals surface area contributed by atoms with Crippen LogP contribution in [-0.2, 0) is 0 Å². The van der Waals surface area contributed by atoms with Crippen molar-refractivity contribution in [1.82, 2.24) is 24.5 Å². The van der Waals surface area contributed by atoms with E-state index in [2.05, 4.69) is 298 Å². The second-order valence-corrected chi connectivity index (χ2v) is 21.9. The molecular weight excluding hydrogens is 1050 g/mol. The van der Waals surface area contributed by atoms with E-state index in [1.165, 1.54) is 5.56 Å². The van der Waals surface area contributed by atoms with E-state index in [-0.39, 0.29) is 0 Å². The minimum Gasteiger partial charge on any atom is -0.310 e. The molecule has 16 rings (SSSR count). The van der Waals surface area contributed by atoms with Crippen molar-refractivity contribution in [3.63, 3.8) is 0 Å². The van der Waals surface area contributed by atoms with E-state index in [9.17, 15) is 0 Å². The average molecular weight is 1100 g/mol. The molecule has 5 aromatic heterocycles. The Balaban J connectivity index is 0.887. The molecule has 0 aliphatic carbocycles. The Labute approximate surface area is 497 Å². The first-order valence-corrected chi connectivity index (χ1v) is 29.1. The highest BCUT2D eigenvalue weighted by Gasteiger charge is 2.22. The van der Waals surface area contributed by atoms with Crippen LogP contribution in [0.5, 0.6) is 0 Å². The first kappa shape index (κ1) is 50.2. The lowest BCUT2D eigenvalue weighted by Crippen LogP contribution is -2.09. The monoisotopic (exact) mass is 1100 g/mol. The number of anilines is 6. The molecule has 5 heterocycles. The molecular formula is C79H53N7. The number of rotatable bonds is 11. The zero-order valence-electron chi connectivity index (χ0n) is 47.0. The molecule has 7 heteroatoms. The summed E-state index contributed by atoms with van der Waals surface area (Å²) in [5.41, 5.74) is 23.3. The molecule has 86 heavy (non-hydrogen) atoms. The van der Waals surface area contributed by atoms with Crippen molar-refractivity contribution < 1.29 is 0 Å². The molecule has 0 atom stereocenters. The summed E-state index contributed by atoms with van der Waals surface area (Å²) in [5, 5.41) is 6.55. The highest BCUT2D eigenvalue weighted by molar-refractivity contribution is 6.13. The van der Waals surface area contributed by atoms with Gasteiger partial charge in [-0.15, -0.1) is 0 Å². The maximum absolute atomic E-state index is 4.98. The maximum Gasteiger partial charge on any atom is 0.0964 e. The number of para-hydroxylation sites is 4. The normalized spacial score (nSPS) is 11.5. The third-order valence-corrected chi connectivity index (χ3v) is 16.9. The molecule has 7 nitrogen and oxygen atoms in total. The summed E-state index contributed by atoms with van der Waals surface area (Å²) in [5.74, 6) is 0. The van der Waals surface area contributed by atoms with Crippen LogP contribution >= 0.6 is 0 Å². The second-order valence-electron chi connectivity index (χ2n) is 21.9. The highest BCUT2D eigenvalue weighted by Crippen LogP contribution is 2.45. The molecule has 0 spiro atoms. The van der Waals surface area contributed by atoms with Crippen molar-refractivity contribution in [1.29, 1.82) is 0 Å². The van der Waals surface area contributed by atoms with E-state index in [1.807, 2.05) is 36.9 Å². The van der Waals surface area contributed by atoms with Crippen molar-refractivity contribution in [2.45, 2.75) is 6.92 Å². The largest absolute Gasteiger partial charge is 0.310 e. The van der Waals surface area contributed by atoms with Gasteiger partial charge in [-0.05, 0) is 167 Å². The van der Waals surface area contributed by atoms with Gasteiger partial charge in [0.25, 0.3) is 0 Å². The van der Waals surface area contributed by atoms with E-state index in [0.29, 0.717) is 0 Å². The molecule has 0 N–H and O–H groups in total. The zero-order chi connectivity index (χ0) is 57.1. The fourth-order valence-corrected chi connectivity index (χ4v) is 12.7. The maximum atomic E-state index is 4.98. The summed E-state index contributed by atoms with van der Waals surface area (Å²) >= 11 is 0. The second kappa shape index (κ2) is 21.0. The van der Waals surface area contributed by atoms with Crippen LogP contribution in [0.3, 0.4) is 0 Å². The molecule has 0 saturated heterocycles. The van der Waals surface area contributed by atoms with E-state index < -0.39 is 0 Å². The predicted octanol–water partition coefficient (Wildman–Crippen LogP) is 20.9. The van der Waals surface area contributed by atoms with Crippen molar-refractivity contribution in [3.8, 4) is 50.2 Å². The van der Waals surface area contributed by atoms with Gasteiger partial charge in [-0.1, -0.05) is 158 Å². The zero-order valence-corrected chi connectivity index (χ0v) is 47.0. The molecule has 0 bridgehead atoms.